The minimum Gasteiger partial charge on any atom is -0.378 e. The van der Waals surface area contributed by atoms with Crippen LogP contribution < -0.4 is 10.6 Å². The average Bonchev–Trinajstić information content (AvgIpc) is 3.05. The zero-order valence-electron chi connectivity index (χ0n) is 18.7. The van der Waals surface area contributed by atoms with Gasteiger partial charge in [-0.3, -0.25) is 4.79 Å². The van der Waals surface area contributed by atoms with Gasteiger partial charge in [-0.15, -0.1) is 0 Å². The second-order valence-electron chi connectivity index (χ2n) is 9.05. The van der Waals surface area contributed by atoms with Crippen LogP contribution in [0.3, 0.4) is 0 Å². The van der Waals surface area contributed by atoms with Crippen LogP contribution in [-0.2, 0) is 17.5 Å². The van der Waals surface area contributed by atoms with Crippen LogP contribution in [0.15, 0.2) is 35.7 Å². The lowest BCUT2D eigenvalue weighted by molar-refractivity contribution is -0.137. The van der Waals surface area contributed by atoms with Crippen LogP contribution in [0.1, 0.15) is 57.1 Å². The van der Waals surface area contributed by atoms with Crippen molar-refractivity contribution in [3.8, 4) is 11.8 Å². The van der Waals surface area contributed by atoms with Gasteiger partial charge in [0.25, 0.3) is 5.91 Å². The Balaban J connectivity index is 1.87. The molecule has 180 valence electrons. The zero-order valence-corrected chi connectivity index (χ0v) is 19.5. The molecule has 1 heterocycles. The Kier molecular flexibility index (Phi) is 7.86. The number of halogens is 4. The molecule has 1 aromatic carbocycles. The largest absolute Gasteiger partial charge is 0.416 e. The van der Waals surface area contributed by atoms with Gasteiger partial charge < -0.3 is 20.6 Å². The molecule has 1 atom stereocenters. The molecule has 0 bridgehead atoms. The predicted octanol–water partition coefficient (Wildman–Crippen LogP) is 4.32. The Morgan fingerprint density at radius 3 is 2.61 bits per heavy atom. The van der Waals surface area contributed by atoms with E-state index in [0.717, 1.165) is 37.8 Å². The second kappa shape index (κ2) is 10.3. The summed E-state index contributed by atoms with van der Waals surface area (Å²) in [6.45, 7) is 3.51. The molecule has 9 heteroatoms. The molecule has 0 saturated heterocycles. The number of carbonyl (C=O) groups is 1. The van der Waals surface area contributed by atoms with E-state index in [2.05, 4.69) is 22.5 Å². The number of hydrogen-bond donors (Lipinski definition) is 3. The van der Waals surface area contributed by atoms with Gasteiger partial charge in [-0.1, -0.05) is 48.9 Å². The molecule has 1 unspecified atom stereocenters. The number of nitrogens with one attached hydrogen (secondary N) is 2. The van der Waals surface area contributed by atoms with Crippen molar-refractivity contribution in [3.05, 3.63) is 46.8 Å². The third-order valence-corrected chi connectivity index (χ3v) is 6.00. The molecule has 5 nitrogen and oxygen atoms in total. The number of alkyl halides is 4. The van der Waals surface area contributed by atoms with Gasteiger partial charge in [-0.05, 0) is 56.2 Å². The standard InChI is InChI=1S/C24H29ClF3N3O2/c1-23(2,33)12-11-19-20(21(32)29-14-16-7-4-3-5-8-16)31(22(25)30-19)15-17-9-6-10-18(13-17)24(26,27)28/h6,9-10,13,16,22,30,33H,3-5,7-8,14-15H2,1-2H3,(H,29,32). The van der Waals surface area contributed by atoms with Crippen LogP contribution in [0.5, 0.6) is 0 Å². The number of hydrogen-bond acceptors (Lipinski definition) is 4. The molecule has 1 aromatic rings. The highest BCUT2D eigenvalue weighted by Crippen LogP contribution is 2.31. The van der Waals surface area contributed by atoms with Crippen LogP contribution >= 0.6 is 11.6 Å². The zero-order chi connectivity index (χ0) is 24.2. The highest BCUT2D eigenvalue weighted by Gasteiger charge is 2.35. The predicted molar refractivity (Wildman–Crippen MR) is 120 cm³/mol. The normalized spacial score (nSPS) is 19.7. The second-order valence-corrected chi connectivity index (χ2v) is 9.47. The Morgan fingerprint density at radius 1 is 1.27 bits per heavy atom. The molecular weight excluding hydrogens is 455 g/mol. The molecule has 0 radical (unpaired) electrons. The quantitative estimate of drug-likeness (QED) is 0.331. The maximum absolute atomic E-state index is 13.2. The van der Waals surface area contributed by atoms with Crippen LogP contribution in [0, 0.1) is 17.8 Å². The maximum Gasteiger partial charge on any atom is 0.416 e. The summed E-state index contributed by atoms with van der Waals surface area (Å²) in [5, 5.41) is 15.8. The summed E-state index contributed by atoms with van der Waals surface area (Å²) in [5.74, 6) is 5.43. The van der Waals surface area contributed by atoms with E-state index in [1.807, 2.05) is 0 Å². The molecule has 1 amide bonds. The Bertz CT molecular complexity index is 954. The number of nitrogens with zero attached hydrogens (tertiary/aromatic N) is 1. The third kappa shape index (κ3) is 7.05. The van der Waals surface area contributed by atoms with Gasteiger partial charge in [-0.2, -0.15) is 13.2 Å². The number of aliphatic hydroxyl groups is 1. The van der Waals surface area contributed by atoms with E-state index in [4.69, 9.17) is 11.6 Å². The number of allylic oxidation sites excluding steroid dienone is 1. The lowest BCUT2D eigenvalue weighted by Gasteiger charge is -2.26. The van der Waals surface area contributed by atoms with Crippen LogP contribution in [0.4, 0.5) is 13.2 Å². The van der Waals surface area contributed by atoms with Crippen molar-refractivity contribution < 1.29 is 23.1 Å². The third-order valence-electron chi connectivity index (χ3n) is 5.65. The molecule has 0 aromatic heterocycles. The van der Waals surface area contributed by atoms with Gasteiger partial charge in [0.15, 0.2) is 5.62 Å². The van der Waals surface area contributed by atoms with Crippen molar-refractivity contribution in [3.63, 3.8) is 0 Å². The Hall–Kier alpha value is -2.37. The smallest absolute Gasteiger partial charge is 0.378 e. The molecule has 1 aliphatic heterocycles. The van der Waals surface area contributed by atoms with Crippen LogP contribution in [0.25, 0.3) is 0 Å². The minimum absolute atomic E-state index is 0.0229. The molecule has 1 aliphatic carbocycles. The van der Waals surface area contributed by atoms with E-state index in [0.29, 0.717) is 18.0 Å². The van der Waals surface area contributed by atoms with Crippen molar-refractivity contribution in [1.29, 1.82) is 0 Å². The molecule has 1 fully saturated rings. The highest BCUT2D eigenvalue weighted by atomic mass is 35.5. The van der Waals surface area contributed by atoms with Gasteiger partial charge in [-0.25, -0.2) is 0 Å². The van der Waals surface area contributed by atoms with E-state index in [1.165, 1.54) is 31.2 Å². The highest BCUT2D eigenvalue weighted by molar-refractivity contribution is 6.21. The van der Waals surface area contributed by atoms with E-state index < -0.39 is 28.9 Å². The topological polar surface area (TPSA) is 64.6 Å². The monoisotopic (exact) mass is 483 g/mol. The average molecular weight is 484 g/mol. The van der Waals surface area contributed by atoms with Crippen molar-refractivity contribution >= 4 is 17.5 Å². The first-order chi connectivity index (χ1) is 15.4. The van der Waals surface area contributed by atoms with Gasteiger partial charge in [0.05, 0.1) is 5.56 Å². The molecule has 3 N–H and O–H groups in total. The molecule has 3 rings (SSSR count). The van der Waals surface area contributed by atoms with Crippen molar-refractivity contribution in [2.24, 2.45) is 5.92 Å². The SMILES string of the molecule is CC(C)(O)C#CC1=C(C(=O)NCC2CCCCC2)N(Cc2cccc(C(F)(F)F)c2)C(Cl)N1. The molecular formula is C24H29ClF3N3O2. The van der Waals surface area contributed by atoms with Gasteiger partial charge in [0.1, 0.15) is 17.0 Å². The van der Waals surface area contributed by atoms with Gasteiger partial charge >= 0.3 is 6.18 Å². The maximum atomic E-state index is 13.2. The Morgan fingerprint density at radius 2 is 1.97 bits per heavy atom. The lowest BCUT2D eigenvalue weighted by Crippen LogP contribution is -2.39. The number of carbonyl (C=O) groups excluding carboxylic acids is 1. The first kappa shape index (κ1) is 25.3. The fraction of sp³-hybridized carbons (Fsp3) is 0.542. The first-order valence-electron chi connectivity index (χ1n) is 11.1. The summed E-state index contributed by atoms with van der Waals surface area (Å²) in [5.41, 5.74) is -2.22. The van der Waals surface area contributed by atoms with E-state index >= 15 is 0 Å². The summed E-state index contributed by atoms with van der Waals surface area (Å²) >= 11 is 6.43. The van der Waals surface area contributed by atoms with Crippen LogP contribution in [0.2, 0.25) is 0 Å². The van der Waals surface area contributed by atoms with Gasteiger partial charge in [0.2, 0.25) is 0 Å². The van der Waals surface area contributed by atoms with Crippen molar-refractivity contribution in [2.45, 2.75) is 69.9 Å². The number of rotatable bonds is 5. The van der Waals surface area contributed by atoms with Crippen molar-refractivity contribution in [2.75, 3.05) is 6.54 Å². The molecule has 2 aliphatic rings. The summed E-state index contributed by atoms with van der Waals surface area (Å²) in [4.78, 5) is 14.7. The fourth-order valence-corrected chi connectivity index (χ4v) is 4.27. The minimum atomic E-state index is -4.47. The summed E-state index contributed by atoms with van der Waals surface area (Å²) < 4.78 is 39.4. The summed E-state index contributed by atoms with van der Waals surface area (Å²) in [7, 11) is 0. The fourth-order valence-electron chi connectivity index (χ4n) is 3.99. The van der Waals surface area contributed by atoms with Crippen molar-refractivity contribution in [1.82, 2.24) is 15.5 Å². The molecule has 1 saturated carbocycles. The van der Waals surface area contributed by atoms with Crippen LogP contribution in [-0.4, -0.2) is 33.7 Å². The Labute approximate surface area is 197 Å². The molecule has 0 spiro atoms. The molecule has 33 heavy (non-hydrogen) atoms. The lowest BCUT2D eigenvalue weighted by atomic mass is 9.89. The number of amides is 1. The first-order valence-corrected chi connectivity index (χ1v) is 11.5. The van der Waals surface area contributed by atoms with Gasteiger partial charge in [0, 0.05) is 13.1 Å². The van der Waals surface area contributed by atoms with E-state index in [9.17, 15) is 23.1 Å². The summed E-state index contributed by atoms with van der Waals surface area (Å²) in [6, 6.07) is 4.92. The number of benzene rings is 1. The van der Waals surface area contributed by atoms with E-state index in [-0.39, 0.29) is 17.9 Å². The van der Waals surface area contributed by atoms with E-state index in [1.54, 1.807) is 6.07 Å². The summed E-state index contributed by atoms with van der Waals surface area (Å²) in [6.07, 6.45) is 1.11.